The van der Waals surface area contributed by atoms with Gasteiger partial charge in [0.1, 0.15) is 5.82 Å². The molecule has 112 valence electrons. The van der Waals surface area contributed by atoms with Crippen molar-refractivity contribution in [1.82, 2.24) is 4.72 Å². The highest BCUT2D eigenvalue weighted by Gasteiger charge is 2.19. The number of hydrogen-bond donors (Lipinski definition) is 2. The summed E-state index contributed by atoms with van der Waals surface area (Å²) in [5, 5.41) is 0. The monoisotopic (exact) mass is 300 g/mol. The molecule has 0 unspecified atom stereocenters. The Balaban J connectivity index is 2.05. The summed E-state index contributed by atoms with van der Waals surface area (Å²) in [5.74, 6) is -0.0633. The van der Waals surface area contributed by atoms with Gasteiger partial charge in [-0.05, 0) is 37.0 Å². The van der Waals surface area contributed by atoms with Gasteiger partial charge in [-0.15, -0.1) is 0 Å². The van der Waals surface area contributed by atoms with Crippen LogP contribution in [0.5, 0.6) is 0 Å². The maximum absolute atomic E-state index is 13.3. The van der Waals surface area contributed by atoms with E-state index in [2.05, 4.69) is 4.72 Å². The Kier molecular flexibility index (Phi) is 5.12. The molecule has 0 saturated heterocycles. The Morgan fingerprint density at radius 2 is 1.95 bits per heavy atom. The second-order valence-corrected chi connectivity index (χ2v) is 7.08. The van der Waals surface area contributed by atoms with Crippen molar-refractivity contribution >= 4 is 10.0 Å². The zero-order valence-corrected chi connectivity index (χ0v) is 12.3. The third kappa shape index (κ3) is 3.77. The third-order valence-electron chi connectivity index (χ3n) is 3.83. The molecule has 20 heavy (non-hydrogen) atoms. The summed E-state index contributed by atoms with van der Waals surface area (Å²) in [5.41, 5.74) is 5.61. The molecule has 1 aromatic rings. The molecule has 0 amide bonds. The maximum atomic E-state index is 13.3. The molecule has 6 heteroatoms. The molecule has 0 aromatic heterocycles. The first-order chi connectivity index (χ1) is 9.53. The van der Waals surface area contributed by atoms with Crippen LogP contribution in [-0.2, 0) is 16.6 Å². The van der Waals surface area contributed by atoms with E-state index >= 15 is 0 Å². The molecule has 1 aromatic carbocycles. The highest BCUT2D eigenvalue weighted by atomic mass is 32.2. The lowest BCUT2D eigenvalue weighted by Gasteiger charge is -2.21. The Labute approximate surface area is 119 Å². The minimum absolute atomic E-state index is 0.0161. The van der Waals surface area contributed by atoms with E-state index in [0.29, 0.717) is 12.5 Å². The minimum Gasteiger partial charge on any atom is -0.326 e. The average molecular weight is 300 g/mol. The van der Waals surface area contributed by atoms with Crippen LogP contribution in [0.25, 0.3) is 0 Å². The minimum atomic E-state index is -3.58. The van der Waals surface area contributed by atoms with Gasteiger partial charge in [0.2, 0.25) is 10.0 Å². The molecule has 0 atom stereocenters. The molecule has 1 fully saturated rings. The van der Waals surface area contributed by atoms with Gasteiger partial charge >= 0.3 is 0 Å². The number of benzene rings is 1. The lowest BCUT2D eigenvalue weighted by molar-refractivity contribution is 0.357. The molecule has 4 nitrogen and oxygen atoms in total. The van der Waals surface area contributed by atoms with Crippen LogP contribution < -0.4 is 10.5 Å². The van der Waals surface area contributed by atoms with Gasteiger partial charge in [-0.2, -0.15) is 0 Å². The summed E-state index contributed by atoms with van der Waals surface area (Å²) < 4.78 is 40.3. The second-order valence-electron chi connectivity index (χ2n) is 5.31. The number of halogens is 1. The fourth-order valence-corrected chi connectivity index (χ4v) is 3.74. The summed E-state index contributed by atoms with van der Waals surface area (Å²) >= 11 is 0. The van der Waals surface area contributed by atoms with Crippen LogP contribution in [0, 0.1) is 11.7 Å². The third-order valence-corrected chi connectivity index (χ3v) is 5.26. The van der Waals surface area contributed by atoms with E-state index in [0.717, 1.165) is 18.9 Å². The van der Waals surface area contributed by atoms with E-state index in [-0.39, 0.29) is 17.0 Å². The van der Waals surface area contributed by atoms with Crippen LogP contribution >= 0.6 is 0 Å². The van der Waals surface area contributed by atoms with E-state index < -0.39 is 15.8 Å². The molecule has 0 spiro atoms. The molecule has 1 aliphatic carbocycles. The number of nitrogens with two attached hydrogens (primary N) is 1. The van der Waals surface area contributed by atoms with E-state index in [9.17, 15) is 12.8 Å². The Morgan fingerprint density at radius 1 is 1.25 bits per heavy atom. The quantitative estimate of drug-likeness (QED) is 0.875. The van der Waals surface area contributed by atoms with Gasteiger partial charge in [-0.25, -0.2) is 17.5 Å². The van der Waals surface area contributed by atoms with Gasteiger partial charge in [-0.3, -0.25) is 0 Å². The van der Waals surface area contributed by atoms with Gasteiger partial charge in [0.05, 0.1) is 4.90 Å². The molecule has 1 aliphatic rings. The molecule has 3 N–H and O–H groups in total. The number of rotatable bonds is 5. The van der Waals surface area contributed by atoms with Crippen LogP contribution in [0.15, 0.2) is 23.1 Å². The topological polar surface area (TPSA) is 72.2 Å². The van der Waals surface area contributed by atoms with E-state index in [1.165, 1.54) is 31.4 Å². The van der Waals surface area contributed by atoms with Crippen molar-refractivity contribution in [2.75, 3.05) is 6.54 Å². The summed E-state index contributed by atoms with van der Waals surface area (Å²) in [6.45, 7) is 0.440. The molecular weight excluding hydrogens is 279 g/mol. The van der Waals surface area contributed by atoms with Crippen LogP contribution in [0.4, 0.5) is 4.39 Å². The molecule has 1 saturated carbocycles. The summed E-state index contributed by atoms with van der Waals surface area (Å²) in [4.78, 5) is 0.0789. The summed E-state index contributed by atoms with van der Waals surface area (Å²) in [7, 11) is -3.58. The normalized spacial score (nSPS) is 17.3. The average Bonchev–Trinajstić information content (AvgIpc) is 2.46. The van der Waals surface area contributed by atoms with Gasteiger partial charge in [0.15, 0.2) is 0 Å². The zero-order valence-electron chi connectivity index (χ0n) is 11.4. The standard InChI is InChI=1S/C14H21FN2O2S/c15-14-7-6-13(8-12(14)9-16)20(18,19)17-10-11-4-2-1-3-5-11/h6-8,11,17H,1-5,9-10,16H2. The van der Waals surface area contributed by atoms with Crippen molar-refractivity contribution < 1.29 is 12.8 Å². The van der Waals surface area contributed by atoms with Crippen LogP contribution in [0.1, 0.15) is 37.7 Å². The van der Waals surface area contributed by atoms with E-state index in [4.69, 9.17) is 5.73 Å². The first-order valence-corrected chi connectivity index (χ1v) is 8.49. The largest absolute Gasteiger partial charge is 0.326 e. The SMILES string of the molecule is NCc1cc(S(=O)(=O)NCC2CCCCC2)ccc1F. The predicted molar refractivity (Wildman–Crippen MR) is 76.1 cm³/mol. The van der Waals surface area contributed by atoms with Crippen molar-refractivity contribution in [2.45, 2.75) is 43.5 Å². The first-order valence-electron chi connectivity index (χ1n) is 7.01. The Hall–Kier alpha value is -0.980. The number of sulfonamides is 1. The van der Waals surface area contributed by atoms with Gasteiger partial charge in [-0.1, -0.05) is 19.3 Å². The first kappa shape index (κ1) is 15.4. The summed E-state index contributed by atoms with van der Waals surface area (Å²) in [6, 6.07) is 3.73. The van der Waals surface area contributed by atoms with Crippen molar-refractivity contribution in [1.29, 1.82) is 0 Å². The fourth-order valence-electron chi connectivity index (χ4n) is 2.58. The van der Waals surface area contributed by atoms with Gasteiger partial charge < -0.3 is 5.73 Å². The summed E-state index contributed by atoms with van der Waals surface area (Å²) in [6.07, 6.45) is 5.71. The maximum Gasteiger partial charge on any atom is 0.240 e. The van der Waals surface area contributed by atoms with Gasteiger partial charge in [0, 0.05) is 18.7 Å². The lowest BCUT2D eigenvalue weighted by atomic mass is 9.90. The Bertz CT molecular complexity index is 554. The highest BCUT2D eigenvalue weighted by molar-refractivity contribution is 7.89. The van der Waals surface area contributed by atoms with E-state index in [1.54, 1.807) is 0 Å². The predicted octanol–water partition coefficient (Wildman–Crippen LogP) is 2.14. The fraction of sp³-hybridized carbons (Fsp3) is 0.571. The van der Waals surface area contributed by atoms with Crippen molar-refractivity contribution in [3.63, 3.8) is 0 Å². The number of nitrogens with one attached hydrogen (secondary N) is 1. The van der Waals surface area contributed by atoms with E-state index in [1.807, 2.05) is 0 Å². The Morgan fingerprint density at radius 3 is 2.60 bits per heavy atom. The molecule has 0 bridgehead atoms. The van der Waals surface area contributed by atoms with Crippen molar-refractivity contribution in [2.24, 2.45) is 11.7 Å². The smallest absolute Gasteiger partial charge is 0.240 e. The molecular formula is C14H21FN2O2S. The van der Waals surface area contributed by atoms with Crippen LogP contribution in [0.3, 0.4) is 0 Å². The van der Waals surface area contributed by atoms with Crippen LogP contribution in [-0.4, -0.2) is 15.0 Å². The van der Waals surface area contributed by atoms with Crippen molar-refractivity contribution in [3.05, 3.63) is 29.6 Å². The van der Waals surface area contributed by atoms with Gasteiger partial charge in [0.25, 0.3) is 0 Å². The van der Waals surface area contributed by atoms with Crippen LogP contribution in [0.2, 0.25) is 0 Å². The zero-order chi connectivity index (χ0) is 14.6. The lowest BCUT2D eigenvalue weighted by Crippen LogP contribution is -2.30. The molecule has 0 heterocycles. The highest BCUT2D eigenvalue weighted by Crippen LogP contribution is 2.23. The van der Waals surface area contributed by atoms with Crippen molar-refractivity contribution in [3.8, 4) is 0 Å². The number of hydrogen-bond acceptors (Lipinski definition) is 3. The molecule has 0 aliphatic heterocycles. The second kappa shape index (κ2) is 6.65. The molecule has 0 radical (unpaired) electrons. The molecule has 2 rings (SSSR count).